The molecule has 0 radical (unpaired) electrons. The van der Waals surface area contributed by atoms with Gasteiger partial charge in [0.2, 0.25) is 0 Å². The molecule has 0 saturated carbocycles. The van der Waals surface area contributed by atoms with E-state index in [1.807, 2.05) is 0 Å². The van der Waals surface area contributed by atoms with Gasteiger partial charge in [-0.15, -0.1) is 0 Å². The summed E-state index contributed by atoms with van der Waals surface area (Å²) >= 11 is 0. The molecule has 0 atom stereocenters. The van der Waals surface area contributed by atoms with Crippen LogP contribution in [0.15, 0.2) is 0 Å². The van der Waals surface area contributed by atoms with E-state index in [0.29, 0.717) is 0 Å². The van der Waals surface area contributed by atoms with Crippen molar-refractivity contribution in [1.29, 1.82) is 10.5 Å². The number of alkyl halides is 3. The lowest BCUT2D eigenvalue weighted by atomic mass is 9.95. The average Bonchev–Trinajstić information content (AvgIpc) is 2.47. The SMILES string of the molecule is N#CCc1c(F)c(F)c2c(F)c(C(F)(F)F)c(F)c(C#N)c2c1F. The van der Waals surface area contributed by atoms with Gasteiger partial charge in [0.15, 0.2) is 17.5 Å². The Kier molecular flexibility index (Phi) is 4.10. The predicted octanol–water partition coefficient (Wildman–Crippen LogP) is 4.49. The number of hydrogen-bond acceptors (Lipinski definition) is 2. The first-order chi connectivity index (χ1) is 11.1. The van der Waals surface area contributed by atoms with Crippen molar-refractivity contribution < 1.29 is 35.1 Å². The van der Waals surface area contributed by atoms with Gasteiger partial charge in [-0.05, 0) is 0 Å². The highest BCUT2D eigenvalue weighted by molar-refractivity contribution is 5.91. The van der Waals surface area contributed by atoms with E-state index in [0.717, 1.165) is 6.07 Å². The average molecular weight is 350 g/mol. The number of halogens is 8. The Hall–Kier alpha value is -2.88. The summed E-state index contributed by atoms with van der Waals surface area (Å²) in [4.78, 5) is 0. The molecule has 0 amide bonds. The molecule has 2 aromatic rings. The highest BCUT2D eigenvalue weighted by Gasteiger charge is 2.42. The maximum absolute atomic E-state index is 14.2. The van der Waals surface area contributed by atoms with E-state index in [4.69, 9.17) is 10.5 Å². The van der Waals surface area contributed by atoms with Crippen molar-refractivity contribution in [2.75, 3.05) is 0 Å². The molecule has 0 heterocycles. The molecule has 0 bridgehead atoms. The van der Waals surface area contributed by atoms with Crippen LogP contribution in [0, 0.1) is 51.7 Å². The lowest BCUT2D eigenvalue weighted by Gasteiger charge is -2.15. The molecule has 0 aliphatic carbocycles. The summed E-state index contributed by atoms with van der Waals surface area (Å²) < 4.78 is 108. The third-order valence-electron chi connectivity index (χ3n) is 3.19. The van der Waals surface area contributed by atoms with Gasteiger partial charge < -0.3 is 0 Å². The van der Waals surface area contributed by atoms with Gasteiger partial charge in [0.25, 0.3) is 0 Å². The first-order valence-electron chi connectivity index (χ1n) is 5.92. The lowest BCUT2D eigenvalue weighted by molar-refractivity contribution is -0.142. The molecule has 0 aliphatic rings. The zero-order valence-corrected chi connectivity index (χ0v) is 11.1. The van der Waals surface area contributed by atoms with E-state index in [9.17, 15) is 35.1 Å². The Bertz CT molecular complexity index is 947. The van der Waals surface area contributed by atoms with Crippen LogP contribution in [0.4, 0.5) is 35.1 Å². The van der Waals surface area contributed by atoms with E-state index in [-0.39, 0.29) is 0 Å². The first-order valence-corrected chi connectivity index (χ1v) is 5.92. The van der Waals surface area contributed by atoms with E-state index in [1.165, 1.54) is 6.07 Å². The minimum absolute atomic E-state index is 0.881. The van der Waals surface area contributed by atoms with Crippen molar-refractivity contribution in [3.05, 3.63) is 45.8 Å². The van der Waals surface area contributed by atoms with Gasteiger partial charge in [-0.2, -0.15) is 23.7 Å². The summed E-state index contributed by atoms with van der Waals surface area (Å²) in [6.07, 6.45) is -6.75. The summed E-state index contributed by atoms with van der Waals surface area (Å²) in [6.45, 7) is 0. The molecular weight excluding hydrogens is 348 g/mol. The Balaban J connectivity index is 3.23. The second kappa shape index (κ2) is 5.64. The monoisotopic (exact) mass is 350 g/mol. The molecule has 2 nitrogen and oxygen atoms in total. The van der Waals surface area contributed by atoms with Crippen LogP contribution in [0.2, 0.25) is 0 Å². The molecule has 0 aromatic heterocycles. The molecule has 2 aromatic carbocycles. The number of fused-ring (bicyclic) bond motifs is 1. The van der Waals surface area contributed by atoms with E-state index in [2.05, 4.69) is 0 Å². The maximum atomic E-state index is 14.2. The van der Waals surface area contributed by atoms with Crippen molar-refractivity contribution in [3.63, 3.8) is 0 Å². The van der Waals surface area contributed by atoms with Gasteiger partial charge in [-0.1, -0.05) is 0 Å². The highest BCUT2D eigenvalue weighted by Crippen LogP contribution is 2.41. The quantitative estimate of drug-likeness (QED) is 0.562. The van der Waals surface area contributed by atoms with Crippen LogP contribution < -0.4 is 0 Å². The van der Waals surface area contributed by atoms with Crippen molar-refractivity contribution in [3.8, 4) is 12.1 Å². The van der Waals surface area contributed by atoms with Crippen LogP contribution in [0.1, 0.15) is 16.7 Å². The first kappa shape index (κ1) is 17.5. The zero-order chi connectivity index (χ0) is 18.4. The summed E-state index contributed by atoms with van der Waals surface area (Å²) in [5.74, 6) is -11.3. The van der Waals surface area contributed by atoms with Crippen molar-refractivity contribution >= 4 is 10.8 Å². The molecule has 0 unspecified atom stereocenters. The van der Waals surface area contributed by atoms with Gasteiger partial charge >= 0.3 is 6.18 Å². The number of rotatable bonds is 1. The van der Waals surface area contributed by atoms with Crippen LogP contribution in [0.25, 0.3) is 10.8 Å². The lowest BCUT2D eigenvalue weighted by Crippen LogP contribution is -2.15. The van der Waals surface area contributed by atoms with Crippen LogP contribution in [-0.4, -0.2) is 0 Å². The standard InChI is InChI=1S/C14H2F8N2/c15-9-4(1-2-23)11(17)13(19)7-6(9)5(3-24)10(16)8(12(7)18)14(20,21)22/h1H2. The predicted molar refractivity (Wildman–Crippen MR) is 62.8 cm³/mol. The fourth-order valence-corrected chi connectivity index (χ4v) is 2.19. The number of hydrogen-bond donors (Lipinski definition) is 0. The van der Waals surface area contributed by atoms with Gasteiger partial charge in [0.05, 0.1) is 23.4 Å². The number of benzene rings is 2. The fraction of sp³-hybridized carbons (Fsp3) is 0.143. The smallest absolute Gasteiger partial charge is 0.206 e. The zero-order valence-electron chi connectivity index (χ0n) is 11.1. The molecule has 2 rings (SSSR count). The fourth-order valence-electron chi connectivity index (χ4n) is 2.19. The minimum atomic E-state index is -5.68. The van der Waals surface area contributed by atoms with Gasteiger partial charge in [0.1, 0.15) is 23.3 Å². The molecule has 0 spiro atoms. The Labute approximate surface area is 128 Å². The summed E-state index contributed by atoms with van der Waals surface area (Å²) in [7, 11) is 0. The summed E-state index contributed by atoms with van der Waals surface area (Å²) in [6, 6.07) is 2.14. The van der Waals surface area contributed by atoms with Crippen LogP contribution in [0.5, 0.6) is 0 Å². The van der Waals surface area contributed by atoms with Crippen LogP contribution >= 0.6 is 0 Å². The molecular formula is C14H2F8N2. The van der Waals surface area contributed by atoms with Crippen molar-refractivity contribution in [2.24, 2.45) is 0 Å². The molecule has 0 N–H and O–H groups in total. The maximum Gasteiger partial charge on any atom is 0.422 e. The Morgan fingerprint density at radius 3 is 1.79 bits per heavy atom. The molecule has 124 valence electrons. The molecule has 10 heteroatoms. The van der Waals surface area contributed by atoms with E-state index in [1.54, 1.807) is 0 Å². The van der Waals surface area contributed by atoms with Crippen molar-refractivity contribution in [2.45, 2.75) is 12.6 Å². The van der Waals surface area contributed by atoms with E-state index >= 15 is 0 Å². The van der Waals surface area contributed by atoms with Crippen molar-refractivity contribution in [1.82, 2.24) is 0 Å². The summed E-state index contributed by atoms with van der Waals surface area (Å²) in [5, 5.41) is 13.9. The minimum Gasteiger partial charge on any atom is -0.206 e. The van der Waals surface area contributed by atoms with E-state index < -0.39 is 69.1 Å². The molecule has 0 fully saturated rings. The third-order valence-corrected chi connectivity index (χ3v) is 3.19. The van der Waals surface area contributed by atoms with Crippen LogP contribution in [0.3, 0.4) is 0 Å². The second-order valence-corrected chi connectivity index (χ2v) is 4.49. The largest absolute Gasteiger partial charge is 0.422 e. The normalized spacial score (nSPS) is 11.4. The number of nitriles is 2. The van der Waals surface area contributed by atoms with Gasteiger partial charge in [-0.3, -0.25) is 0 Å². The van der Waals surface area contributed by atoms with Gasteiger partial charge in [0, 0.05) is 10.9 Å². The topological polar surface area (TPSA) is 47.6 Å². The highest BCUT2D eigenvalue weighted by atomic mass is 19.4. The van der Waals surface area contributed by atoms with Crippen LogP contribution in [-0.2, 0) is 12.6 Å². The Morgan fingerprint density at radius 1 is 0.750 bits per heavy atom. The number of nitrogens with zero attached hydrogens (tertiary/aromatic N) is 2. The van der Waals surface area contributed by atoms with Gasteiger partial charge in [-0.25, -0.2) is 22.0 Å². The Morgan fingerprint density at radius 2 is 1.33 bits per heavy atom. The third kappa shape index (κ3) is 2.31. The summed E-state index contributed by atoms with van der Waals surface area (Å²) in [5.41, 5.74) is -5.54. The molecule has 24 heavy (non-hydrogen) atoms. The molecule has 0 saturated heterocycles. The molecule has 0 aliphatic heterocycles. The second-order valence-electron chi connectivity index (χ2n) is 4.49.